The quantitative estimate of drug-likeness (QED) is 0.420. The van der Waals surface area contributed by atoms with Crippen LogP contribution in [0.3, 0.4) is 0 Å². The summed E-state index contributed by atoms with van der Waals surface area (Å²) in [6.07, 6.45) is 7.72. The zero-order chi connectivity index (χ0) is 23.1. The van der Waals surface area contributed by atoms with Crippen LogP contribution < -0.4 is 0 Å². The molecule has 4 heterocycles. The number of rotatable bonds is 4. The number of aryl methyl sites for hydroxylation is 3. The summed E-state index contributed by atoms with van der Waals surface area (Å²) < 4.78 is 15.5. The van der Waals surface area contributed by atoms with Crippen LogP contribution in [0.4, 0.5) is 4.39 Å². The van der Waals surface area contributed by atoms with E-state index in [4.69, 9.17) is 4.98 Å². The molecule has 6 nitrogen and oxygen atoms in total. The maximum Gasteiger partial charge on any atom is 0.274 e. The molecule has 1 amide bonds. The average Bonchev–Trinajstić information content (AvgIpc) is 3.37. The Bertz CT molecular complexity index is 1330. The fraction of sp³-hybridized carbons (Fsp3) is 0.360. The van der Waals surface area contributed by atoms with Gasteiger partial charge >= 0.3 is 0 Å². The highest BCUT2D eigenvalue weighted by Gasteiger charge is 2.31. The lowest BCUT2D eigenvalue weighted by Crippen LogP contribution is -2.45. The first kappa shape index (κ1) is 21.7. The number of likely N-dealkylation sites (tertiary alicyclic amines) is 1. The standard InChI is InChI=1S/C25H26FN5OS/c1-15-13-30-14-20(29-24(30)16(2)27-15)12-21-6-4-5-11-31(21)25(32)22-23(33-17(3)28-22)18-7-9-19(26)10-8-18/h7-10,13-14,21H,4-6,11-12H2,1-3H3/t21-/m0/s1. The van der Waals surface area contributed by atoms with Crippen LogP contribution in [0.15, 0.2) is 36.7 Å². The third kappa shape index (κ3) is 4.27. The third-order valence-corrected chi connectivity index (χ3v) is 7.17. The van der Waals surface area contributed by atoms with Crippen molar-refractivity contribution in [3.63, 3.8) is 0 Å². The summed E-state index contributed by atoms with van der Waals surface area (Å²) in [6, 6.07) is 6.33. The Balaban J connectivity index is 1.44. The molecule has 1 aromatic carbocycles. The van der Waals surface area contributed by atoms with Gasteiger partial charge in [0.25, 0.3) is 5.91 Å². The molecule has 0 radical (unpaired) electrons. The molecule has 5 rings (SSSR count). The van der Waals surface area contributed by atoms with Gasteiger partial charge in [-0.25, -0.2) is 14.4 Å². The molecule has 170 valence electrons. The molecule has 4 aromatic rings. The summed E-state index contributed by atoms with van der Waals surface area (Å²) in [5.74, 6) is -0.349. The van der Waals surface area contributed by atoms with Gasteiger partial charge in [0, 0.05) is 31.4 Å². The number of hydrogen-bond acceptors (Lipinski definition) is 5. The summed E-state index contributed by atoms with van der Waals surface area (Å²) in [5.41, 5.74) is 4.95. The van der Waals surface area contributed by atoms with Crippen LogP contribution in [-0.2, 0) is 6.42 Å². The number of carbonyl (C=O) groups is 1. The maximum atomic E-state index is 13.7. The second kappa shape index (κ2) is 8.67. The van der Waals surface area contributed by atoms with Crippen molar-refractivity contribution in [1.29, 1.82) is 0 Å². The molecule has 33 heavy (non-hydrogen) atoms. The smallest absolute Gasteiger partial charge is 0.274 e. The highest BCUT2D eigenvalue weighted by atomic mass is 32.1. The van der Waals surface area contributed by atoms with Crippen molar-refractivity contribution in [2.45, 2.75) is 52.5 Å². The van der Waals surface area contributed by atoms with E-state index in [1.54, 1.807) is 12.1 Å². The summed E-state index contributed by atoms with van der Waals surface area (Å²) in [6.45, 7) is 6.55. The number of piperidine rings is 1. The Labute approximate surface area is 196 Å². The lowest BCUT2D eigenvalue weighted by molar-refractivity contribution is 0.0608. The van der Waals surface area contributed by atoms with E-state index in [1.807, 2.05) is 42.5 Å². The normalized spacial score (nSPS) is 16.5. The molecule has 1 atom stereocenters. The number of nitrogens with zero attached hydrogens (tertiary/aromatic N) is 5. The molecule has 0 saturated carbocycles. The van der Waals surface area contributed by atoms with E-state index in [0.717, 1.165) is 57.4 Å². The lowest BCUT2D eigenvalue weighted by atomic mass is 9.97. The van der Waals surface area contributed by atoms with Crippen LogP contribution >= 0.6 is 11.3 Å². The van der Waals surface area contributed by atoms with E-state index in [2.05, 4.69) is 9.97 Å². The number of thiazole rings is 1. The van der Waals surface area contributed by atoms with Crippen molar-refractivity contribution in [1.82, 2.24) is 24.3 Å². The van der Waals surface area contributed by atoms with Gasteiger partial charge in [0.05, 0.1) is 27.0 Å². The SMILES string of the molecule is Cc1cn2cc(C[C@@H]3CCCCN3C(=O)c3nc(C)sc3-c3ccc(F)cc3)nc2c(C)n1. The first-order chi connectivity index (χ1) is 15.9. The third-order valence-electron chi connectivity index (χ3n) is 6.15. The van der Waals surface area contributed by atoms with Crippen LogP contribution in [0.2, 0.25) is 0 Å². The van der Waals surface area contributed by atoms with Gasteiger partial charge in [-0.05, 0) is 57.7 Å². The predicted octanol–water partition coefficient (Wildman–Crippen LogP) is 5.15. The van der Waals surface area contributed by atoms with E-state index in [-0.39, 0.29) is 17.8 Å². The number of halogens is 1. The minimum Gasteiger partial charge on any atom is -0.334 e. The van der Waals surface area contributed by atoms with Crippen molar-refractivity contribution in [3.05, 3.63) is 70.3 Å². The van der Waals surface area contributed by atoms with Crippen molar-refractivity contribution in [2.75, 3.05) is 6.54 Å². The van der Waals surface area contributed by atoms with Gasteiger partial charge in [0.2, 0.25) is 0 Å². The number of aromatic nitrogens is 4. The fourth-order valence-corrected chi connectivity index (χ4v) is 5.60. The zero-order valence-electron chi connectivity index (χ0n) is 19.0. The van der Waals surface area contributed by atoms with Gasteiger partial charge in [-0.2, -0.15) is 0 Å². The van der Waals surface area contributed by atoms with Crippen LogP contribution in [0, 0.1) is 26.6 Å². The molecule has 0 spiro atoms. The van der Waals surface area contributed by atoms with E-state index >= 15 is 0 Å². The molecule has 1 aliphatic heterocycles. The largest absolute Gasteiger partial charge is 0.334 e. The second-order valence-corrected chi connectivity index (χ2v) is 9.90. The average molecular weight is 464 g/mol. The Morgan fingerprint density at radius 1 is 1.09 bits per heavy atom. The molecule has 0 bridgehead atoms. The molecule has 0 N–H and O–H groups in total. The minimum absolute atomic E-state index is 0.0548. The molecule has 1 saturated heterocycles. The number of amides is 1. The molecule has 0 unspecified atom stereocenters. The first-order valence-corrected chi connectivity index (χ1v) is 12.1. The van der Waals surface area contributed by atoms with Gasteiger partial charge in [-0.15, -0.1) is 11.3 Å². The van der Waals surface area contributed by atoms with Crippen LogP contribution in [-0.4, -0.2) is 42.7 Å². The molecule has 3 aromatic heterocycles. The minimum atomic E-state index is -0.294. The van der Waals surface area contributed by atoms with E-state index in [9.17, 15) is 9.18 Å². The van der Waals surface area contributed by atoms with Crippen molar-refractivity contribution < 1.29 is 9.18 Å². The summed E-state index contributed by atoms with van der Waals surface area (Å²) in [5, 5.41) is 0.824. The highest BCUT2D eigenvalue weighted by molar-refractivity contribution is 7.15. The lowest BCUT2D eigenvalue weighted by Gasteiger charge is -2.35. The number of fused-ring (bicyclic) bond motifs is 1. The molecule has 1 aliphatic rings. The maximum absolute atomic E-state index is 13.7. The topological polar surface area (TPSA) is 63.4 Å². The monoisotopic (exact) mass is 463 g/mol. The van der Waals surface area contributed by atoms with Crippen molar-refractivity contribution in [2.24, 2.45) is 0 Å². The van der Waals surface area contributed by atoms with E-state index in [1.165, 1.54) is 23.5 Å². The zero-order valence-corrected chi connectivity index (χ0v) is 19.8. The number of hydrogen-bond donors (Lipinski definition) is 0. The Hall–Kier alpha value is -3.13. The van der Waals surface area contributed by atoms with Gasteiger partial charge in [0.1, 0.15) is 11.5 Å². The Morgan fingerprint density at radius 2 is 1.88 bits per heavy atom. The Kier molecular flexibility index (Phi) is 5.70. The fourth-order valence-electron chi connectivity index (χ4n) is 4.68. The summed E-state index contributed by atoms with van der Waals surface area (Å²) >= 11 is 1.47. The van der Waals surface area contributed by atoms with Crippen LogP contribution in [0.25, 0.3) is 16.1 Å². The number of benzene rings is 1. The second-order valence-electron chi connectivity index (χ2n) is 8.70. The predicted molar refractivity (Wildman–Crippen MR) is 127 cm³/mol. The van der Waals surface area contributed by atoms with Crippen LogP contribution in [0.5, 0.6) is 0 Å². The summed E-state index contributed by atoms with van der Waals surface area (Å²) in [4.78, 5) is 30.4. The van der Waals surface area contributed by atoms with Crippen molar-refractivity contribution in [3.8, 4) is 10.4 Å². The molecule has 0 aliphatic carbocycles. The summed E-state index contributed by atoms with van der Waals surface area (Å²) in [7, 11) is 0. The van der Waals surface area contributed by atoms with Crippen LogP contribution in [0.1, 0.15) is 51.8 Å². The Morgan fingerprint density at radius 3 is 2.67 bits per heavy atom. The molecular weight excluding hydrogens is 437 g/mol. The molecule has 8 heteroatoms. The van der Waals surface area contributed by atoms with Gasteiger partial charge < -0.3 is 9.30 Å². The first-order valence-electron chi connectivity index (χ1n) is 11.2. The van der Waals surface area contributed by atoms with Gasteiger partial charge in [-0.1, -0.05) is 12.1 Å². The number of carbonyl (C=O) groups excluding carboxylic acids is 1. The molecule has 1 fully saturated rings. The van der Waals surface area contributed by atoms with Gasteiger partial charge in [0.15, 0.2) is 5.65 Å². The van der Waals surface area contributed by atoms with E-state index < -0.39 is 0 Å². The van der Waals surface area contributed by atoms with Crippen molar-refractivity contribution >= 4 is 22.9 Å². The van der Waals surface area contributed by atoms with Gasteiger partial charge in [-0.3, -0.25) is 9.78 Å². The molecular formula is C25H26FN5OS. The highest BCUT2D eigenvalue weighted by Crippen LogP contribution is 2.33. The van der Waals surface area contributed by atoms with E-state index in [0.29, 0.717) is 18.7 Å². The number of imidazole rings is 1.